The zero-order valence-corrected chi connectivity index (χ0v) is 18.9. The fourth-order valence-electron chi connectivity index (χ4n) is 5.89. The van der Waals surface area contributed by atoms with E-state index in [4.69, 9.17) is 4.74 Å². The van der Waals surface area contributed by atoms with Crippen molar-refractivity contribution in [2.75, 3.05) is 32.8 Å². The molecule has 0 N–H and O–H groups in total. The molecule has 2 aliphatic heterocycles. The molecular formula is C26H38N4O. The van der Waals surface area contributed by atoms with Gasteiger partial charge in [0.05, 0.1) is 11.8 Å². The van der Waals surface area contributed by atoms with E-state index in [2.05, 4.69) is 39.2 Å². The zero-order chi connectivity index (χ0) is 20.9. The molecule has 1 aromatic heterocycles. The molecule has 1 saturated carbocycles. The Balaban J connectivity index is 1.21. The number of hydrogen-bond donors (Lipinski definition) is 0. The Labute approximate surface area is 187 Å². The first-order chi connectivity index (χ1) is 15.3. The third-order valence-electron chi connectivity index (χ3n) is 7.58. The van der Waals surface area contributed by atoms with Crippen LogP contribution in [0.2, 0.25) is 0 Å². The van der Waals surface area contributed by atoms with Crippen molar-refractivity contribution in [3.8, 4) is 5.69 Å². The number of nitrogens with zero attached hydrogens (tertiary/aromatic N) is 4. The second kappa shape index (κ2) is 10.3. The molecule has 2 aromatic rings. The molecule has 0 bridgehead atoms. The lowest BCUT2D eigenvalue weighted by Crippen LogP contribution is -2.43. The average Bonchev–Trinajstić information content (AvgIpc) is 3.58. The quantitative estimate of drug-likeness (QED) is 0.627. The first-order valence-electron chi connectivity index (χ1n) is 12.5. The summed E-state index contributed by atoms with van der Waals surface area (Å²) in [7, 11) is 0. The van der Waals surface area contributed by atoms with E-state index in [1.807, 2.05) is 23.1 Å². The Morgan fingerprint density at radius 2 is 1.84 bits per heavy atom. The minimum absolute atomic E-state index is 0.410. The predicted octanol–water partition coefficient (Wildman–Crippen LogP) is 4.51. The number of hydrogen-bond acceptors (Lipinski definition) is 4. The van der Waals surface area contributed by atoms with Gasteiger partial charge in [0.25, 0.3) is 0 Å². The van der Waals surface area contributed by atoms with Gasteiger partial charge in [0.15, 0.2) is 0 Å². The van der Waals surface area contributed by atoms with Crippen molar-refractivity contribution in [1.82, 2.24) is 19.6 Å². The van der Waals surface area contributed by atoms with Crippen LogP contribution in [-0.2, 0) is 11.3 Å². The Bertz CT molecular complexity index is 787. The summed E-state index contributed by atoms with van der Waals surface area (Å²) in [6.45, 7) is 6.81. The van der Waals surface area contributed by atoms with Gasteiger partial charge in [-0.1, -0.05) is 25.0 Å². The highest BCUT2D eigenvalue weighted by Crippen LogP contribution is 2.29. The largest absolute Gasteiger partial charge is 0.377 e. The number of benzene rings is 1. The van der Waals surface area contributed by atoms with Crippen LogP contribution in [-0.4, -0.2) is 64.5 Å². The number of rotatable bonds is 8. The standard InChI is InChI=1S/C26H38N4O/c1-2-8-24(7-1)29-15-11-22(12-16-29)19-28(21-26-10-4-17-31-26)20-23-6-3-9-25(18-23)30-14-5-13-27-30/h3,5-6,9,13-14,18,22,24,26H,1-2,4,7-8,10-12,15-17,19-21H2. The molecular weight excluding hydrogens is 384 g/mol. The van der Waals surface area contributed by atoms with Crippen LogP contribution in [0.5, 0.6) is 0 Å². The lowest BCUT2D eigenvalue weighted by Gasteiger charge is -2.38. The molecule has 168 valence electrons. The number of aromatic nitrogens is 2. The fourth-order valence-corrected chi connectivity index (χ4v) is 5.89. The Kier molecular flexibility index (Phi) is 7.02. The normalized spacial score (nSPS) is 23.8. The molecule has 1 aliphatic carbocycles. The number of likely N-dealkylation sites (tertiary alicyclic amines) is 1. The highest BCUT2D eigenvalue weighted by atomic mass is 16.5. The Morgan fingerprint density at radius 3 is 2.58 bits per heavy atom. The van der Waals surface area contributed by atoms with Crippen LogP contribution in [0.25, 0.3) is 5.69 Å². The summed E-state index contributed by atoms with van der Waals surface area (Å²) in [5.74, 6) is 0.813. The molecule has 1 atom stereocenters. The van der Waals surface area contributed by atoms with Crippen molar-refractivity contribution in [3.63, 3.8) is 0 Å². The van der Waals surface area contributed by atoms with E-state index in [1.165, 1.54) is 76.6 Å². The highest BCUT2D eigenvalue weighted by Gasteiger charge is 2.29. The van der Waals surface area contributed by atoms with Crippen LogP contribution in [0.3, 0.4) is 0 Å². The van der Waals surface area contributed by atoms with Crippen LogP contribution in [0.4, 0.5) is 0 Å². The summed E-state index contributed by atoms with van der Waals surface area (Å²) >= 11 is 0. The van der Waals surface area contributed by atoms with E-state index in [-0.39, 0.29) is 0 Å². The number of ether oxygens (including phenoxy) is 1. The Hall–Kier alpha value is -1.69. The van der Waals surface area contributed by atoms with Gasteiger partial charge in [0.2, 0.25) is 0 Å². The van der Waals surface area contributed by atoms with E-state index in [0.717, 1.165) is 37.3 Å². The lowest BCUT2D eigenvalue weighted by atomic mass is 9.94. The average molecular weight is 423 g/mol. The third kappa shape index (κ3) is 5.57. The van der Waals surface area contributed by atoms with Gasteiger partial charge in [-0.25, -0.2) is 4.68 Å². The first-order valence-corrected chi connectivity index (χ1v) is 12.5. The van der Waals surface area contributed by atoms with Crippen LogP contribution >= 0.6 is 0 Å². The van der Waals surface area contributed by atoms with Gasteiger partial charge in [0, 0.05) is 44.7 Å². The summed E-state index contributed by atoms with van der Waals surface area (Å²) in [5.41, 5.74) is 2.51. The Morgan fingerprint density at radius 1 is 0.968 bits per heavy atom. The van der Waals surface area contributed by atoms with Gasteiger partial charge in [-0.2, -0.15) is 5.10 Å². The number of piperidine rings is 1. The summed E-state index contributed by atoms with van der Waals surface area (Å²) in [6, 6.07) is 11.7. The van der Waals surface area contributed by atoms with Crippen molar-refractivity contribution >= 4 is 0 Å². The lowest BCUT2D eigenvalue weighted by molar-refractivity contribution is 0.0540. The monoisotopic (exact) mass is 422 g/mol. The maximum Gasteiger partial charge on any atom is 0.0702 e. The molecule has 3 fully saturated rings. The molecule has 1 aromatic carbocycles. The molecule has 5 rings (SSSR count). The van der Waals surface area contributed by atoms with Crippen molar-refractivity contribution in [1.29, 1.82) is 0 Å². The van der Waals surface area contributed by atoms with E-state index in [9.17, 15) is 0 Å². The van der Waals surface area contributed by atoms with Crippen molar-refractivity contribution in [2.24, 2.45) is 5.92 Å². The first kappa shape index (κ1) is 21.2. The van der Waals surface area contributed by atoms with Crippen molar-refractivity contribution < 1.29 is 4.74 Å². The molecule has 3 heterocycles. The minimum atomic E-state index is 0.410. The second-order valence-electron chi connectivity index (χ2n) is 9.87. The van der Waals surface area contributed by atoms with Gasteiger partial charge in [-0.05, 0) is 81.3 Å². The van der Waals surface area contributed by atoms with Gasteiger partial charge in [-0.15, -0.1) is 0 Å². The molecule has 2 saturated heterocycles. The molecule has 0 amide bonds. The maximum atomic E-state index is 6.01. The molecule has 0 spiro atoms. The van der Waals surface area contributed by atoms with Crippen LogP contribution in [0, 0.1) is 5.92 Å². The van der Waals surface area contributed by atoms with E-state index >= 15 is 0 Å². The zero-order valence-electron chi connectivity index (χ0n) is 18.9. The summed E-state index contributed by atoms with van der Waals surface area (Å²) in [6.07, 6.45) is 15.2. The highest BCUT2D eigenvalue weighted by molar-refractivity contribution is 5.35. The molecule has 1 unspecified atom stereocenters. The molecule has 5 nitrogen and oxygen atoms in total. The summed E-state index contributed by atoms with van der Waals surface area (Å²) < 4.78 is 7.96. The van der Waals surface area contributed by atoms with Crippen LogP contribution < -0.4 is 0 Å². The molecule has 3 aliphatic rings. The van der Waals surface area contributed by atoms with Gasteiger partial charge < -0.3 is 9.64 Å². The van der Waals surface area contributed by atoms with E-state index < -0.39 is 0 Å². The van der Waals surface area contributed by atoms with E-state index in [1.54, 1.807) is 0 Å². The molecule has 5 heteroatoms. The molecule has 0 radical (unpaired) electrons. The fraction of sp³-hybridized carbons (Fsp3) is 0.654. The van der Waals surface area contributed by atoms with Gasteiger partial charge in [-0.3, -0.25) is 4.90 Å². The maximum absolute atomic E-state index is 6.01. The van der Waals surface area contributed by atoms with Gasteiger partial charge >= 0.3 is 0 Å². The van der Waals surface area contributed by atoms with Crippen molar-refractivity contribution in [3.05, 3.63) is 48.3 Å². The van der Waals surface area contributed by atoms with Crippen LogP contribution in [0.1, 0.15) is 56.9 Å². The summed E-state index contributed by atoms with van der Waals surface area (Å²) in [4.78, 5) is 5.47. The predicted molar refractivity (Wildman–Crippen MR) is 124 cm³/mol. The van der Waals surface area contributed by atoms with Gasteiger partial charge in [0.1, 0.15) is 0 Å². The topological polar surface area (TPSA) is 33.5 Å². The SMILES string of the molecule is c1cc(CN(CC2CCN(C3CCCC3)CC2)CC2CCCO2)cc(-n2cccn2)c1. The van der Waals surface area contributed by atoms with Crippen LogP contribution in [0.15, 0.2) is 42.7 Å². The van der Waals surface area contributed by atoms with E-state index in [0.29, 0.717) is 6.10 Å². The molecule has 31 heavy (non-hydrogen) atoms. The third-order valence-corrected chi connectivity index (χ3v) is 7.58. The minimum Gasteiger partial charge on any atom is -0.377 e. The summed E-state index contributed by atoms with van der Waals surface area (Å²) in [5, 5.41) is 4.40. The second-order valence-corrected chi connectivity index (χ2v) is 9.87. The smallest absolute Gasteiger partial charge is 0.0702 e. The van der Waals surface area contributed by atoms with Crippen molar-refractivity contribution in [2.45, 2.75) is 70.1 Å².